The van der Waals surface area contributed by atoms with Gasteiger partial charge in [-0.2, -0.15) is 0 Å². The SMILES string of the molecule is CCNC(C)CC(=O)Nc1ccc(C(=O)O)c(F)c1. The Kier molecular flexibility index (Phi) is 5.44. The van der Waals surface area contributed by atoms with E-state index in [9.17, 15) is 14.0 Å². The number of carboxylic acid groups (broad SMARTS) is 1. The zero-order valence-corrected chi connectivity index (χ0v) is 10.9. The third-order valence-corrected chi connectivity index (χ3v) is 2.53. The van der Waals surface area contributed by atoms with Crippen LogP contribution >= 0.6 is 0 Å². The molecule has 3 N–H and O–H groups in total. The van der Waals surface area contributed by atoms with E-state index >= 15 is 0 Å². The molecule has 1 unspecified atom stereocenters. The first-order valence-corrected chi connectivity index (χ1v) is 6.00. The summed E-state index contributed by atoms with van der Waals surface area (Å²) in [5.41, 5.74) is -0.171. The van der Waals surface area contributed by atoms with Crippen LogP contribution in [0.3, 0.4) is 0 Å². The van der Waals surface area contributed by atoms with Crippen molar-refractivity contribution in [2.45, 2.75) is 26.3 Å². The molecule has 1 amide bonds. The van der Waals surface area contributed by atoms with Gasteiger partial charge in [0.2, 0.25) is 5.91 Å². The summed E-state index contributed by atoms with van der Waals surface area (Å²) in [5.74, 6) is -2.46. The Bertz CT molecular complexity index is 477. The van der Waals surface area contributed by atoms with E-state index in [2.05, 4.69) is 10.6 Å². The molecule has 0 saturated heterocycles. The van der Waals surface area contributed by atoms with Gasteiger partial charge in [0.05, 0.1) is 5.56 Å². The van der Waals surface area contributed by atoms with Gasteiger partial charge in [-0.1, -0.05) is 6.92 Å². The highest BCUT2D eigenvalue weighted by atomic mass is 19.1. The predicted octanol–water partition coefficient (Wildman–Crippen LogP) is 1.85. The lowest BCUT2D eigenvalue weighted by atomic mass is 10.2. The van der Waals surface area contributed by atoms with Crippen LogP contribution in [0.5, 0.6) is 0 Å². The average Bonchev–Trinajstić information content (AvgIpc) is 2.28. The monoisotopic (exact) mass is 268 g/mol. The summed E-state index contributed by atoms with van der Waals surface area (Å²) in [6.45, 7) is 4.57. The van der Waals surface area contributed by atoms with Crippen LogP contribution in [0.1, 0.15) is 30.6 Å². The molecule has 0 aromatic heterocycles. The number of carbonyl (C=O) groups excluding carboxylic acids is 1. The van der Waals surface area contributed by atoms with Crippen molar-refractivity contribution in [2.24, 2.45) is 0 Å². The number of carboxylic acids is 1. The van der Waals surface area contributed by atoms with Gasteiger partial charge >= 0.3 is 5.97 Å². The Morgan fingerprint density at radius 2 is 2.11 bits per heavy atom. The van der Waals surface area contributed by atoms with Crippen molar-refractivity contribution in [3.8, 4) is 0 Å². The van der Waals surface area contributed by atoms with Crippen LogP contribution in [0.2, 0.25) is 0 Å². The molecule has 6 heteroatoms. The van der Waals surface area contributed by atoms with Crippen molar-refractivity contribution in [2.75, 3.05) is 11.9 Å². The van der Waals surface area contributed by atoms with Gasteiger partial charge in [-0.25, -0.2) is 9.18 Å². The summed E-state index contributed by atoms with van der Waals surface area (Å²) in [6.07, 6.45) is 0.260. The van der Waals surface area contributed by atoms with Gasteiger partial charge < -0.3 is 15.7 Å². The van der Waals surface area contributed by atoms with Crippen molar-refractivity contribution in [3.63, 3.8) is 0 Å². The Hall–Kier alpha value is -1.95. The van der Waals surface area contributed by atoms with E-state index in [0.717, 1.165) is 18.7 Å². The highest BCUT2D eigenvalue weighted by Crippen LogP contribution is 2.15. The van der Waals surface area contributed by atoms with Gasteiger partial charge in [0.25, 0.3) is 0 Å². The molecule has 0 aliphatic rings. The topological polar surface area (TPSA) is 78.4 Å². The maximum absolute atomic E-state index is 13.4. The molecule has 1 aromatic rings. The van der Waals surface area contributed by atoms with Crippen molar-refractivity contribution in [1.82, 2.24) is 5.32 Å². The average molecular weight is 268 g/mol. The smallest absolute Gasteiger partial charge is 0.338 e. The minimum atomic E-state index is -1.34. The van der Waals surface area contributed by atoms with E-state index < -0.39 is 17.3 Å². The zero-order valence-electron chi connectivity index (χ0n) is 10.9. The van der Waals surface area contributed by atoms with Crippen LogP contribution in [-0.2, 0) is 4.79 Å². The van der Waals surface area contributed by atoms with Gasteiger partial charge in [-0.3, -0.25) is 4.79 Å². The van der Waals surface area contributed by atoms with Gasteiger partial charge in [0, 0.05) is 18.2 Å². The van der Waals surface area contributed by atoms with Crippen molar-refractivity contribution >= 4 is 17.6 Å². The molecule has 0 aliphatic heterocycles. The molecule has 0 radical (unpaired) electrons. The number of benzene rings is 1. The first kappa shape index (κ1) is 15.1. The number of nitrogens with one attached hydrogen (secondary N) is 2. The second-order valence-electron chi connectivity index (χ2n) is 4.21. The van der Waals surface area contributed by atoms with E-state index in [-0.39, 0.29) is 24.1 Å². The summed E-state index contributed by atoms with van der Waals surface area (Å²) in [4.78, 5) is 22.3. The number of halogens is 1. The summed E-state index contributed by atoms with van der Waals surface area (Å²) in [7, 11) is 0. The fourth-order valence-corrected chi connectivity index (χ4v) is 1.68. The molecule has 19 heavy (non-hydrogen) atoms. The number of hydrogen-bond acceptors (Lipinski definition) is 3. The number of carbonyl (C=O) groups is 2. The zero-order chi connectivity index (χ0) is 14.4. The van der Waals surface area contributed by atoms with Gasteiger partial charge in [0.15, 0.2) is 0 Å². The number of amides is 1. The van der Waals surface area contributed by atoms with Crippen LogP contribution in [0.25, 0.3) is 0 Å². The Morgan fingerprint density at radius 3 is 2.63 bits per heavy atom. The van der Waals surface area contributed by atoms with E-state index in [1.807, 2.05) is 13.8 Å². The lowest BCUT2D eigenvalue weighted by Gasteiger charge is -2.12. The second-order valence-corrected chi connectivity index (χ2v) is 4.21. The van der Waals surface area contributed by atoms with E-state index in [1.165, 1.54) is 6.07 Å². The van der Waals surface area contributed by atoms with Crippen LogP contribution in [0.4, 0.5) is 10.1 Å². The highest BCUT2D eigenvalue weighted by molar-refractivity contribution is 5.92. The molecule has 0 fully saturated rings. The number of rotatable bonds is 6. The third kappa shape index (κ3) is 4.67. The lowest BCUT2D eigenvalue weighted by Crippen LogP contribution is -2.30. The maximum Gasteiger partial charge on any atom is 0.338 e. The minimum Gasteiger partial charge on any atom is -0.478 e. The molecule has 1 rings (SSSR count). The quantitative estimate of drug-likeness (QED) is 0.735. The number of hydrogen-bond donors (Lipinski definition) is 3. The largest absolute Gasteiger partial charge is 0.478 e. The summed E-state index contributed by atoms with van der Waals surface area (Å²) in [5, 5.41) is 14.3. The lowest BCUT2D eigenvalue weighted by molar-refractivity contribution is -0.116. The highest BCUT2D eigenvalue weighted by Gasteiger charge is 2.12. The van der Waals surface area contributed by atoms with Crippen LogP contribution < -0.4 is 10.6 Å². The molecule has 0 bridgehead atoms. The van der Waals surface area contributed by atoms with Crippen molar-refractivity contribution < 1.29 is 19.1 Å². The molecular weight excluding hydrogens is 251 g/mol. The Labute approximate surface area is 110 Å². The molecule has 1 aromatic carbocycles. The van der Waals surface area contributed by atoms with Gasteiger partial charge in [-0.05, 0) is 31.7 Å². The minimum absolute atomic E-state index is 0.0214. The van der Waals surface area contributed by atoms with Gasteiger partial charge in [-0.15, -0.1) is 0 Å². The normalized spacial score (nSPS) is 11.9. The van der Waals surface area contributed by atoms with Crippen LogP contribution in [-0.4, -0.2) is 29.6 Å². The summed E-state index contributed by atoms with van der Waals surface area (Å²) < 4.78 is 13.4. The van der Waals surface area contributed by atoms with Gasteiger partial charge in [0.1, 0.15) is 5.82 Å². The van der Waals surface area contributed by atoms with Crippen LogP contribution in [0.15, 0.2) is 18.2 Å². The van der Waals surface area contributed by atoms with E-state index in [1.54, 1.807) is 0 Å². The molecular formula is C13H17FN2O3. The van der Waals surface area contributed by atoms with Crippen LogP contribution in [0, 0.1) is 5.82 Å². The first-order valence-electron chi connectivity index (χ1n) is 6.00. The van der Waals surface area contributed by atoms with Crippen molar-refractivity contribution in [1.29, 1.82) is 0 Å². The third-order valence-electron chi connectivity index (χ3n) is 2.53. The molecule has 0 aliphatic carbocycles. The predicted molar refractivity (Wildman–Crippen MR) is 69.7 cm³/mol. The second kappa shape index (κ2) is 6.84. The molecule has 5 nitrogen and oxygen atoms in total. The molecule has 0 spiro atoms. The van der Waals surface area contributed by atoms with Crippen molar-refractivity contribution in [3.05, 3.63) is 29.6 Å². The van der Waals surface area contributed by atoms with E-state index in [4.69, 9.17) is 5.11 Å². The number of anilines is 1. The molecule has 0 saturated carbocycles. The summed E-state index contributed by atoms with van der Waals surface area (Å²) in [6, 6.07) is 3.51. The summed E-state index contributed by atoms with van der Waals surface area (Å²) >= 11 is 0. The molecule has 0 heterocycles. The fraction of sp³-hybridized carbons (Fsp3) is 0.385. The number of aromatic carboxylic acids is 1. The molecule has 104 valence electrons. The molecule has 1 atom stereocenters. The fourth-order valence-electron chi connectivity index (χ4n) is 1.68. The van der Waals surface area contributed by atoms with E-state index in [0.29, 0.717) is 0 Å². The Balaban J connectivity index is 2.65. The standard InChI is InChI=1S/C13H17FN2O3/c1-3-15-8(2)6-12(17)16-9-4-5-10(13(18)19)11(14)7-9/h4-5,7-8,15H,3,6H2,1-2H3,(H,16,17)(H,18,19). The maximum atomic E-state index is 13.4. The first-order chi connectivity index (χ1) is 8.93. The Morgan fingerprint density at radius 1 is 1.42 bits per heavy atom.